The maximum atomic E-state index is 12.8. The van der Waals surface area contributed by atoms with Gasteiger partial charge in [-0.1, -0.05) is 30.4 Å². The van der Waals surface area contributed by atoms with Gasteiger partial charge in [-0.3, -0.25) is 9.59 Å². The fraction of sp³-hybridized carbons (Fsp3) is 0.375. The zero-order valence-corrected chi connectivity index (χ0v) is 17.2. The van der Waals surface area contributed by atoms with Crippen LogP contribution in [0, 0.1) is 51.4 Å². The first kappa shape index (κ1) is 18.1. The average Bonchev–Trinajstić information content (AvgIpc) is 3.41. The third-order valence-corrected chi connectivity index (χ3v) is 6.89. The third-order valence-electron chi connectivity index (χ3n) is 6.89. The molecule has 2 amide bonds. The van der Waals surface area contributed by atoms with Gasteiger partial charge < -0.3 is 4.57 Å². The number of imide groups is 1. The number of nitrogens with zero attached hydrogens (tertiary/aromatic N) is 3. The Hall–Kier alpha value is -2.95. The molecule has 1 saturated heterocycles. The molecule has 1 aromatic heterocycles. The molecule has 0 radical (unpaired) electrons. The van der Waals surface area contributed by atoms with E-state index in [0.29, 0.717) is 0 Å². The van der Waals surface area contributed by atoms with Crippen molar-refractivity contribution in [2.45, 2.75) is 34.1 Å². The summed E-state index contributed by atoms with van der Waals surface area (Å²) in [4.78, 5) is 25.7. The number of allylic oxidation sites excluding steroid dienone is 2. The van der Waals surface area contributed by atoms with Gasteiger partial charge in [0.1, 0.15) is 0 Å². The molecule has 2 heterocycles. The first-order chi connectivity index (χ1) is 13.9. The standard InChI is InChI=1S/C24H25N3O2/c1-13-6-5-7-14(2)22(13)26-15(3)10-19(16(26)4)12-25-27-23(28)20-17-8-9-18(11-17)21(20)24(27)29/h5-10,12,17-18,20-21H,11H2,1-4H3/t17-,18-,20-,21+/m0/s1. The second-order valence-corrected chi connectivity index (χ2v) is 8.64. The van der Waals surface area contributed by atoms with Crippen LogP contribution in [0.5, 0.6) is 0 Å². The maximum Gasteiger partial charge on any atom is 0.254 e. The summed E-state index contributed by atoms with van der Waals surface area (Å²) in [5.41, 5.74) is 6.65. The summed E-state index contributed by atoms with van der Waals surface area (Å²) in [5, 5.41) is 5.47. The predicted molar refractivity (Wildman–Crippen MR) is 112 cm³/mol. The Morgan fingerprint density at radius 3 is 2.14 bits per heavy atom. The van der Waals surface area contributed by atoms with E-state index >= 15 is 0 Å². The van der Waals surface area contributed by atoms with E-state index in [0.717, 1.165) is 28.4 Å². The summed E-state index contributed by atoms with van der Waals surface area (Å²) < 4.78 is 2.22. The maximum absolute atomic E-state index is 12.8. The minimum atomic E-state index is -0.211. The van der Waals surface area contributed by atoms with E-state index in [9.17, 15) is 9.59 Å². The molecular formula is C24H25N3O2. The Balaban J connectivity index is 1.47. The zero-order valence-electron chi connectivity index (χ0n) is 17.2. The quantitative estimate of drug-likeness (QED) is 0.456. The van der Waals surface area contributed by atoms with Gasteiger partial charge in [0, 0.05) is 17.0 Å². The highest BCUT2D eigenvalue weighted by molar-refractivity contribution is 6.06. The largest absolute Gasteiger partial charge is 0.317 e. The summed E-state index contributed by atoms with van der Waals surface area (Å²) in [7, 11) is 0. The van der Waals surface area contributed by atoms with Crippen molar-refractivity contribution in [1.82, 2.24) is 9.58 Å². The number of hydrogen-bond acceptors (Lipinski definition) is 3. The molecule has 3 aliphatic rings. The molecule has 148 valence electrons. The smallest absolute Gasteiger partial charge is 0.254 e. The van der Waals surface area contributed by atoms with Crippen molar-refractivity contribution >= 4 is 18.0 Å². The molecule has 1 aromatic carbocycles. The summed E-state index contributed by atoms with van der Waals surface area (Å²) in [6.45, 7) is 8.33. The number of para-hydroxylation sites is 1. The number of aromatic nitrogens is 1. The van der Waals surface area contributed by atoms with Gasteiger partial charge in [0.2, 0.25) is 0 Å². The number of fused-ring (bicyclic) bond motifs is 5. The molecule has 2 aromatic rings. The van der Waals surface area contributed by atoms with Crippen LogP contribution < -0.4 is 0 Å². The van der Waals surface area contributed by atoms with E-state index < -0.39 is 0 Å². The number of hydrogen-bond donors (Lipinski definition) is 0. The number of hydrazone groups is 1. The van der Waals surface area contributed by atoms with Crippen LogP contribution in [0.1, 0.15) is 34.5 Å². The van der Waals surface area contributed by atoms with E-state index in [1.54, 1.807) is 6.21 Å². The molecule has 2 fully saturated rings. The molecule has 4 atom stereocenters. The molecular weight excluding hydrogens is 362 g/mol. The Bertz CT molecular complexity index is 1060. The number of aryl methyl sites for hydroxylation is 3. The molecule has 5 nitrogen and oxygen atoms in total. The minimum absolute atomic E-state index is 0.142. The van der Waals surface area contributed by atoms with Crippen molar-refractivity contribution in [2.75, 3.05) is 0 Å². The van der Waals surface area contributed by atoms with Crippen LogP contribution >= 0.6 is 0 Å². The van der Waals surface area contributed by atoms with E-state index in [1.807, 2.05) is 6.92 Å². The molecule has 5 heteroatoms. The predicted octanol–water partition coefficient (Wildman–Crippen LogP) is 3.85. The molecule has 0 spiro atoms. The van der Waals surface area contributed by atoms with Gasteiger partial charge in [-0.2, -0.15) is 10.1 Å². The van der Waals surface area contributed by atoms with Crippen molar-refractivity contribution in [3.05, 3.63) is 64.5 Å². The average molecular weight is 387 g/mol. The molecule has 1 aliphatic heterocycles. The van der Waals surface area contributed by atoms with Crippen LogP contribution in [0.25, 0.3) is 5.69 Å². The lowest BCUT2D eigenvalue weighted by atomic mass is 9.85. The zero-order chi connectivity index (χ0) is 20.4. The van der Waals surface area contributed by atoms with E-state index in [1.165, 1.54) is 16.8 Å². The van der Waals surface area contributed by atoms with Crippen LogP contribution in [0.15, 0.2) is 41.5 Å². The second kappa shape index (κ2) is 6.28. The van der Waals surface area contributed by atoms with Gasteiger partial charge in [-0.25, -0.2) is 0 Å². The number of benzene rings is 1. The Kier molecular flexibility index (Phi) is 3.92. The van der Waals surface area contributed by atoms with Gasteiger partial charge >= 0.3 is 0 Å². The van der Waals surface area contributed by atoms with E-state index in [-0.39, 0.29) is 35.5 Å². The first-order valence-electron chi connectivity index (χ1n) is 10.2. The van der Waals surface area contributed by atoms with Gasteiger partial charge in [0.05, 0.1) is 23.7 Å². The molecule has 0 N–H and O–H groups in total. The van der Waals surface area contributed by atoms with Crippen LogP contribution in [0.4, 0.5) is 0 Å². The summed E-state index contributed by atoms with van der Waals surface area (Å²) in [6.07, 6.45) is 6.80. The number of amides is 2. The lowest BCUT2D eigenvalue weighted by Gasteiger charge is -2.15. The number of carbonyl (C=O) groups excluding carboxylic acids is 2. The molecule has 2 bridgehead atoms. The fourth-order valence-corrected chi connectivity index (χ4v) is 5.54. The number of rotatable bonds is 3. The number of carbonyl (C=O) groups is 2. The highest BCUT2D eigenvalue weighted by Crippen LogP contribution is 2.52. The van der Waals surface area contributed by atoms with Crippen molar-refractivity contribution < 1.29 is 9.59 Å². The Labute approximate surface area is 170 Å². The molecule has 5 rings (SSSR count). The van der Waals surface area contributed by atoms with Crippen molar-refractivity contribution in [3.63, 3.8) is 0 Å². The van der Waals surface area contributed by atoms with E-state index in [4.69, 9.17) is 0 Å². The van der Waals surface area contributed by atoms with Crippen molar-refractivity contribution in [1.29, 1.82) is 0 Å². The minimum Gasteiger partial charge on any atom is -0.317 e. The molecule has 2 aliphatic carbocycles. The van der Waals surface area contributed by atoms with Crippen LogP contribution in [-0.2, 0) is 9.59 Å². The lowest BCUT2D eigenvalue weighted by molar-refractivity contribution is -0.140. The molecule has 0 unspecified atom stereocenters. The monoisotopic (exact) mass is 387 g/mol. The summed E-state index contributed by atoms with van der Waals surface area (Å²) >= 11 is 0. The van der Waals surface area contributed by atoms with Crippen molar-refractivity contribution in [3.8, 4) is 5.69 Å². The highest BCUT2D eigenvalue weighted by atomic mass is 16.2. The molecule has 1 saturated carbocycles. The summed E-state index contributed by atoms with van der Waals surface area (Å²) in [5.74, 6) is -0.298. The summed E-state index contributed by atoms with van der Waals surface area (Å²) in [6, 6.07) is 8.34. The van der Waals surface area contributed by atoms with Gasteiger partial charge in [-0.15, -0.1) is 0 Å². The Morgan fingerprint density at radius 1 is 0.966 bits per heavy atom. The third kappa shape index (κ3) is 2.49. The van der Waals surface area contributed by atoms with Gasteiger partial charge in [-0.05, 0) is 63.1 Å². The molecule has 29 heavy (non-hydrogen) atoms. The second-order valence-electron chi connectivity index (χ2n) is 8.64. The van der Waals surface area contributed by atoms with Crippen LogP contribution in [-0.4, -0.2) is 27.6 Å². The Morgan fingerprint density at radius 2 is 1.55 bits per heavy atom. The van der Waals surface area contributed by atoms with Gasteiger partial charge in [0.15, 0.2) is 0 Å². The topological polar surface area (TPSA) is 54.7 Å². The lowest BCUT2D eigenvalue weighted by Crippen LogP contribution is -2.28. The normalized spacial score (nSPS) is 27.7. The van der Waals surface area contributed by atoms with Crippen LogP contribution in [0.2, 0.25) is 0 Å². The fourth-order valence-electron chi connectivity index (χ4n) is 5.54. The van der Waals surface area contributed by atoms with Gasteiger partial charge in [0.25, 0.3) is 11.8 Å². The first-order valence-corrected chi connectivity index (χ1v) is 10.2. The van der Waals surface area contributed by atoms with E-state index in [2.05, 4.69) is 66.9 Å². The highest BCUT2D eigenvalue weighted by Gasteiger charge is 2.59. The SMILES string of the molecule is Cc1cccc(C)c1-n1c(C)cc(C=NN2C(=O)[C@@H]3[C@H](C2=O)[C@H]2C=C[C@H]3C2)c1C. The van der Waals surface area contributed by atoms with Crippen molar-refractivity contribution in [2.24, 2.45) is 28.8 Å². The van der Waals surface area contributed by atoms with Crippen LogP contribution in [0.3, 0.4) is 0 Å².